The lowest BCUT2D eigenvalue weighted by atomic mass is 9.49. The molecule has 1 atom stereocenters. The van der Waals surface area contributed by atoms with Crippen LogP contribution in [0.3, 0.4) is 0 Å². The molecule has 1 aromatic rings. The molecule has 27 heavy (non-hydrogen) atoms. The summed E-state index contributed by atoms with van der Waals surface area (Å²) in [5.74, 6) is 2.50. The molecular weight excluding hydrogens is 404 g/mol. The fourth-order valence-corrected chi connectivity index (χ4v) is 6.98. The van der Waals surface area contributed by atoms with Crippen LogP contribution in [-0.4, -0.2) is 29.3 Å². The highest BCUT2D eigenvalue weighted by atomic mass is 79.9. The summed E-state index contributed by atoms with van der Waals surface area (Å²) in [5.41, 5.74) is 0.632. The maximum atomic E-state index is 13.7. The molecule has 4 nitrogen and oxygen atoms in total. The van der Waals surface area contributed by atoms with E-state index >= 15 is 0 Å². The van der Waals surface area contributed by atoms with Crippen LogP contribution in [0.25, 0.3) is 0 Å². The van der Waals surface area contributed by atoms with Gasteiger partial charge < -0.3 is 10.2 Å². The minimum atomic E-state index is -0.311. The number of hydrogen-bond acceptors (Lipinski definition) is 2. The van der Waals surface area contributed by atoms with Gasteiger partial charge in [0.25, 0.3) is 0 Å². The van der Waals surface area contributed by atoms with E-state index in [2.05, 4.69) is 21.2 Å². The summed E-state index contributed by atoms with van der Waals surface area (Å²) in [6.45, 7) is 0.735. The standard InChI is InChI=1S/C22H27BrN2O2/c23-17-3-5-18(6-4-17)24-20(26)19-2-1-7-25(19)21(27)22-11-14-8-15(12-22)10-16(9-14)13-22/h3-6,14-16,19H,1-2,7-13H2,(H,24,26)/t14?,15?,16?,19-,22?/m1/s1. The molecule has 1 N–H and O–H groups in total. The number of nitrogens with one attached hydrogen (secondary N) is 1. The van der Waals surface area contributed by atoms with Gasteiger partial charge >= 0.3 is 0 Å². The number of anilines is 1. The van der Waals surface area contributed by atoms with Crippen molar-refractivity contribution in [3.63, 3.8) is 0 Å². The number of carbonyl (C=O) groups is 2. The molecule has 4 aliphatic carbocycles. The second-order valence-electron chi connectivity index (χ2n) is 9.35. The number of hydrogen-bond donors (Lipinski definition) is 1. The topological polar surface area (TPSA) is 49.4 Å². The fourth-order valence-electron chi connectivity index (χ4n) is 6.72. The SMILES string of the molecule is O=C(Nc1ccc(Br)cc1)[C@H]1CCCN1C(=O)C12CC3CC(CC(C3)C1)C2. The van der Waals surface area contributed by atoms with E-state index in [0.29, 0.717) is 0 Å². The first-order valence-corrected chi connectivity index (χ1v) is 11.2. The van der Waals surface area contributed by atoms with Crippen LogP contribution in [0, 0.1) is 23.2 Å². The average Bonchev–Trinajstić information content (AvgIpc) is 3.11. The van der Waals surface area contributed by atoms with E-state index in [1.807, 2.05) is 29.2 Å². The Kier molecular flexibility index (Phi) is 4.34. The molecule has 5 heteroatoms. The minimum Gasteiger partial charge on any atom is -0.330 e. The number of benzene rings is 1. The largest absolute Gasteiger partial charge is 0.330 e. The lowest BCUT2D eigenvalue weighted by Crippen LogP contribution is -2.56. The normalized spacial score (nSPS) is 36.9. The third-order valence-electron chi connectivity index (χ3n) is 7.42. The van der Waals surface area contributed by atoms with E-state index in [9.17, 15) is 9.59 Å². The quantitative estimate of drug-likeness (QED) is 0.761. The molecule has 4 saturated carbocycles. The van der Waals surface area contributed by atoms with Gasteiger partial charge in [-0.3, -0.25) is 9.59 Å². The Bertz CT molecular complexity index is 725. The van der Waals surface area contributed by atoms with Crippen molar-refractivity contribution < 1.29 is 9.59 Å². The Morgan fingerprint density at radius 1 is 1.00 bits per heavy atom. The monoisotopic (exact) mass is 430 g/mol. The highest BCUT2D eigenvalue weighted by Crippen LogP contribution is 2.60. The predicted molar refractivity (Wildman–Crippen MR) is 108 cm³/mol. The molecule has 4 bridgehead atoms. The Labute approximate surface area is 169 Å². The van der Waals surface area contributed by atoms with E-state index in [-0.39, 0.29) is 23.3 Å². The summed E-state index contributed by atoms with van der Waals surface area (Å²) in [7, 11) is 0. The smallest absolute Gasteiger partial charge is 0.247 e. The van der Waals surface area contributed by atoms with Crippen LogP contribution in [0.1, 0.15) is 51.4 Å². The van der Waals surface area contributed by atoms with Gasteiger partial charge in [0.05, 0.1) is 5.41 Å². The molecule has 1 aromatic carbocycles. The van der Waals surface area contributed by atoms with Gasteiger partial charge in [-0.05, 0) is 93.4 Å². The molecule has 0 unspecified atom stereocenters. The van der Waals surface area contributed by atoms with E-state index in [0.717, 1.165) is 66.6 Å². The first kappa shape index (κ1) is 17.7. The van der Waals surface area contributed by atoms with Crippen LogP contribution in [-0.2, 0) is 9.59 Å². The van der Waals surface area contributed by atoms with Crippen LogP contribution in [0.15, 0.2) is 28.7 Å². The molecule has 5 fully saturated rings. The fraction of sp³-hybridized carbons (Fsp3) is 0.636. The van der Waals surface area contributed by atoms with Crippen molar-refractivity contribution in [2.24, 2.45) is 23.2 Å². The van der Waals surface area contributed by atoms with Crippen molar-refractivity contribution in [1.29, 1.82) is 0 Å². The Balaban J connectivity index is 1.32. The molecule has 6 rings (SSSR count). The summed E-state index contributed by atoms with van der Waals surface area (Å²) >= 11 is 3.42. The number of likely N-dealkylation sites (tertiary alicyclic amines) is 1. The van der Waals surface area contributed by atoms with Gasteiger partial charge in [0.2, 0.25) is 11.8 Å². The predicted octanol–water partition coefficient (Wildman–Crippen LogP) is 4.60. The molecular formula is C22H27BrN2O2. The van der Waals surface area contributed by atoms with Gasteiger partial charge in [0.15, 0.2) is 0 Å². The van der Waals surface area contributed by atoms with Crippen LogP contribution >= 0.6 is 15.9 Å². The number of rotatable bonds is 3. The summed E-state index contributed by atoms with van der Waals surface area (Å²) in [6.07, 6.45) is 8.90. The van der Waals surface area contributed by atoms with Gasteiger partial charge in [0, 0.05) is 16.7 Å². The van der Waals surface area contributed by atoms with Crippen LogP contribution < -0.4 is 5.32 Å². The summed E-state index contributed by atoms with van der Waals surface area (Å²) in [4.78, 5) is 28.5. The lowest BCUT2D eigenvalue weighted by Gasteiger charge is -2.56. The lowest BCUT2D eigenvalue weighted by molar-refractivity contribution is -0.160. The molecule has 0 aromatic heterocycles. The van der Waals surface area contributed by atoms with Crippen molar-refractivity contribution in [2.75, 3.05) is 11.9 Å². The van der Waals surface area contributed by atoms with Crippen molar-refractivity contribution in [3.8, 4) is 0 Å². The second kappa shape index (κ2) is 6.61. The second-order valence-corrected chi connectivity index (χ2v) is 10.3. The van der Waals surface area contributed by atoms with Crippen LogP contribution in [0.4, 0.5) is 5.69 Å². The zero-order valence-electron chi connectivity index (χ0n) is 15.6. The van der Waals surface area contributed by atoms with Crippen molar-refractivity contribution in [2.45, 2.75) is 57.4 Å². The zero-order chi connectivity index (χ0) is 18.6. The van der Waals surface area contributed by atoms with Crippen molar-refractivity contribution >= 4 is 33.4 Å². The molecule has 144 valence electrons. The Morgan fingerprint density at radius 3 is 2.19 bits per heavy atom. The molecule has 2 amide bonds. The Morgan fingerprint density at radius 2 is 1.59 bits per heavy atom. The van der Waals surface area contributed by atoms with Gasteiger partial charge in [-0.1, -0.05) is 15.9 Å². The van der Waals surface area contributed by atoms with Gasteiger partial charge in [0.1, 0.15) is 6.04 Å². The maximum absolute atomic E-state index is 13.7. The molecule has 5 aliphatic rings. The average molecular weight is 431 g/mol. The van der Waals surface area contributed by atoms with Gasteiger partial charge in [-0.2, -0.15) is 0 Å². The van der Waals surface area contributed by atoms with Crippen molar-refractivity contribution in [1.82, 2.24) is 4.90 Å². The highest BCUT2D eigenvalue weighted by molar-refractivity contribution is 9.10. The minimum absolute atomic E-state index is 0.0344. The number of nitrogens with zero attached hydrogens (tertiary/aromatic N) is 1. The molecule has 1 heterocycles. The van der Waals surface area contributed by atoms with Gasteiger partial charge in [-0.25, -0.2) is 0 Å². The summed E-state index contributed by atoms with van der Waals surface area (Å²) in [5, 5.41) is 3.02. The number of amides is 2. The number of carbonyl (C=O) groups excluding carboxylic acids is 2. The summed E-state index contributed by atoms with van der Waals surface area (Å²) < 4.78 is 0.986. The van der Waals surface area contributed by atoms with Gasteiger partial charge in [-0.15, -0.1) is 0 Å². The molecule has 0 spiro atoms. The van der Waals surface area contributed by atoms with Crippen LogP contribution in [0.5, 0.6) is 0 Å². The zero-order valence-corrected chi connectivity index (χ0v) is 17.2. The van der Waals surface area contributed by atoms with E-state index in [4.69, 9.17) is 0 Å². The molecule has 0 radical (unpaired) electrons. The third kappa shape index (κ3) is 3.12. The van der Waals surface area contributed by atoms with E-state index < -0.39 is 0 Å². The number of halogens is 1. The Hall–Kier alpha value is -1.36. The third-order valence-corrected chi connectivity index (χ3v) is 7.95. The summed E-state index contributed by atoms with van der Waals surface area (Å²) in [6, 6.07) is 7.31. The maximum Gasteiger partial charge on any atom is 0.247 e. The molecule has 1 saturated heterocycles. The first-order chi connectivity index (χ1) is 13.0. The van der Waals surface area contributed by atoms with E-state index in [1.165, 1.54) is 19.3 Å². The van der Waals surface area contributed by atoms with Crippen LogP contribution in [0.2, 0.25) is 0 Å². The molecule has 1 aliphatic heterocycles. The first-order valence-electron chi connectivity index (χ1n) is 10.4. The van der Waals surface area contributed by atoms with E-state index in [1.54, 1.807) is 0 Å². The van der Waals surface area contributed by atoms with Crippen molar-refractivity contribution in [3.05, 3.63) is 28.7 Å². The highest BCUT2D eigenvalue weighted by Gasteiger charge is 2.56.